The van der Waals surface area contributed by atoms with E-state index in [0.29, 0.717) is 0 Å². The molecule has 136 valence electrons. The molecule has 2 rings (SSSR count). The van der Waals surface area contributed by atoms with Gasteiger partial charge >= 0.3 is 26.7 Å². The maximum absolute atomic E-state index is 12.7. The van der Waals surface area contributed by atoms with Gasteiger partial charge in [0.1, 0.15) is 5.82 Å². The average Bonchev–Trinajstić information content (AvgIpc) is 2.49. The van der Waals surface area contributed by atoms with Gasteiger partial charge in [-0.15, -0.1) is 0 Å². The summed E-state index contributed by atoms with van der Waals surface area (Å²) in [4.78, 5) is 10.1. The second-order valence-electron chi connectivity index (χ2n) is 4.16. The Hall–Kier alpha value is -1.80. The molecule has 0 saturated carbocycles. The fraction of sp³-hybridized carbons (Fsp3) is 0.0769. The lowest BCUT2D eigenvalue weighted by Gasteiger charge is -2.08. The molecule has 0 amide bonds. The first-order valence-corrected chi connectivity index (χ1v) is 9.64. The molecule has 0 unspecified atom stereocenters. The van der Waals surface area contributed by atoms with E-state index in [1.165, 1.54) is 24.3 Å². The van der Waals surface area contributed by atoms with Gasteiger partial charge in [-0.3, -0.25) is 10.1 Å². The van der Waals surface area contributed by atoms with Crippen molar-refractivity contribution in [2.45, 2.75) is 5.51 Å². The molecule has 25 heavy (non-hydrogen) atoms. The molecule has 6 nitrogen and oxygen atoms in total. The van der Waals surface area contributed by atoms with Crippen LogP contribution in [0.15, 0.2) is 48.5 Å². The van der Waals surface area contributed by atoms with Gasteiger partial charge in [-0.2, -0.15) is 13.2 Å². The molecular weight excluding hydrogens is 485 g/mol. The van der Waals surface area contributed by atoms with Crippen molar-refractivity contribution in [3.8, 4) is 0 Å². The second kappa shape index (κ2) is 8.53. The van der Waals surface area contributed by atoms with Gasteiger partial charge in [0.25, 0.3) is 5.69 Å². The van der Waals surface area contributed by atoms with Crippen LogP contribution in [0.4, 0.5) is 23.2 Å². The fourth-order valence-corrected chi connectivity index (χ4v) is 3.40. The molecule has 0 aromatic heterocycles. The first-order chi connectivity index (χ1) is 11.4. The van der Waals surface area contributed by atoms with Crippen molar-refractivity contribution in [1.29, 1.82) is 0 Å². The van der Waals surface area contributed by atoms with E-state index in [-0.39, 0.29) is 11.5 Å². The molecule has 0 aliphatic rings. The van der Waals surface area contributed by atoms with E-state index >= 15 is 0 Å². The lowest BCUT2D eigenvalue weighted by molar-refractivity contribution is -0.597. The summed E-state index contributed by atoms with van der Waals surface area (Å²) < 4.78 is 73.8. The van der Waals surface area contributed by atoms with Gasteiger partial charge < -0.3 is 4.55 Å². The summed E-state index contributed by atoms with van der Waals surface area (Å²) >= 11 is -0.406. The number of hydrogen-bond donors (Lipinski definition) is 0. The topological polar surface area (TPSA) is 100 Å². The highest BCUT2D eigenvalue weighted by Crippen LogP contribution is 2.20. The Labute approximate surface area is 149 Å². The third kappa shape index (κ3) is 7.31. The number of nitrogens with zero attached hydrogens (tertiary/aromatic N) is 1. The van der Waals surface area contributed by atoms with Crippen LogP contribution >= 0.6 is 0 Å². The summed E-state index contributed by atoms with van der Waals surface area (Å²) in [5.41, 5.74) is -5.55. The minimum Gasteiger partial charge on any atom is -0.741 e. The van der Waals surface area contributed by atoms with Gasteiger partial charge in [0.2, 0.25) is 0 Å². The van der Waals surface area contributed by atoms with Crippen LogP contribution in [0.25, 0.3) is 0 Å². The predicted molar refractivity (Wildman–Crippen MR) is 72.6 cm³/mol. The predicted octanol–water partition coefficient (Wildman–Crippen LogP) is -0.0863. The zero-order valence-corrected chi connectivity index (χ0v) is 14.9. The summed E-state index contributed by atoms with van der Waals surface area (Å²) in [7, 11) is -6.09. The summed E-state index contributed by atoms with van der Waals surface area (Å²) in [6.07, 6.45) is 0. The Morgan fingerprint density at radius 1 is 0.920 bits per heavy atom. The van der Waals surface area contributed by atoms with Gasteiger partial charge in [0, 0.05) is 12.1 Å². The van der Waals surface area contributed by atoms with Crippen LogP contribution in [0.1, 0.15) is 0 Å². The van der Waals surface area contributed by atoms with Crippen molar-refractivity contribution in [2.24, 2.45) is 0 Å². The van der Waals surface area contributed by atoms with Crippen molar-refractivity contribution in [1.82, 2.24) is 0 Å². The summed E-state index contributed by atoms with van der Waals surface area (Å²) in [6.45, 7) is 0. The molecule has 0 saturated heterocycles. The Morgan fingerprint density at radius 2 is 1.28 bits per heavy atom. The molecule has 0 heterocycles. The van der Waals surface area contributed by atoms with Gasteiger partial charge in [0.05, 0.1) is 4.92 Å². The molecule has 0 radical (unpaired) electrons. The minimum absolute atomic E-state index is 0.0943. The van der Waals surface area contributed by atoms with E-state index in [0.717, 1.165) is 7.14 Å². The number of halogens is 5. The lowest BCUT2D eigenvalue weighted by Crippen LogP contribution is -3.61. The number of nitro benzene ring substituents is 1. The van der Waals surface area contributed by atoms with Crippen molar-refractivity contribution >= 4 is 15.8 Å². The van der Waals surface area contributed by atoms with Crippen LogP contribution in [-0.2, 0) is 10.1 Å². The Balaban J connectivity index is 0.000000333. The van der Waals surface area contributed by atoms with E-state index < -0.39 is 41.8 Å². The third-order valence-corrected chi connectivity index (χ3v) is 5.59. The Morgan fingerprint density at radius 3 is 1.60 bits per heavy atom. The van der Waals surface area contributed by atoms with E-state index in [9.17, 15) is 27.7 Å². The van der Waals surface area contributed by atoms with E-state index in [2.05, 4.69) is 0 Å². The standard InChI is InChI=1S/C12H8FINO2.CHF3O3S/c13-9-1-3-10(4-2-9)14-11-5-7-12(8-6-11)15(16)17;2-1(3,4)8(5,6)7/h1-8H;(H,5,6,7)/q+1;/p-1. The molecule has 12 heteroatoms. The maximum Gasteiger partial charge on any atom is 0.485 e. The number of nitro groups is 1. The van der Waals surface area contributed by atoms with Gasteiger partial charge in [0.15, 0.2) is 17.3 Å². The first kappa shape index (κ1) is 21.2. The molecule has 0 spiro atoms. The number of benzene rings is 2. The third-order valence-electron chi connectivity index (χ3n) is 2.34. The van der Waals surface area contributed by atoms with Crippen LogP contribution in [-0.4, -0.2) is 23.4 Å². The van der Waals surface area contributed by atoms with Crippen molar-refractivity contribution in [2.75, 3.05) is 0 Å². The molecular formula is C13H8F4INO5S. The highest BCUT2D eigenvalue weighted by atomic mass is 127. The summed E-state index contributed by atoms with van der Waals surface area (Å²) in [5, 5.41) is 10.5. The molecule has 0 bridgehead atoms. The molecule has 0 N–H and O–H groups in total. The van der Waals surface area contributed by atoms with E-state index in [1.54, 1.807) is 24.3 Å². The Bertz CT molecular complexity index is 823. The molecule has 0 fully saturated rings. The molecule has 2 aromatic carbocycles. The molecule has 2 aromatic rings. The number of alkyl halides is 3. The first-order valence-electron chi connectivity index (χ1n) is 6.07. The Kier molecular flexibility index (Phi) is 7.25. The number of rotatable bonds is 3. The monoisotopic (exact) mass is 493 g/mol. The second-order valence-corrected chi connectivity index (χ2v) is 8.57. The molecule has 0 aliphatic carbocycles. The molecule has 0 aliphatic heterocycles. The van der Waals surface area contributed by atoms with Crippen molar-refractivity contribution in [3.63, 3.8) is 0 Å². The smallest absolute Gasteiger partial charge is 0.485 e. The molecule has 0 atom stereocenters. The fourth-order valence-electron chi connectivity index (χ4n) is 1.24. The number of non-ortho nitro benzene ring substituents is 1. The average molecular weight is 493 g/mol. The van der Waals surface area contributed by atoms with E-state index in [1.807, 2.05) is 0 Å². The highest BCUT2D eigenvalue weighted by Gasteiger charge is 2.36. The van der Waals surface area contributed by atoms with Crippen LogP contribution in [0.5, 0.6) is 0 Å². The van der Waals surface area contributed by atoms with Crippen LogP contribution in [0.2, 0.25) is 0 Å². The zero-order valence-electron chi connectivity index (χ0n) is 11.9. The van der Waals surface area contributed by atoms with Crippen LogP contribution in [0, 0.1) is 23.1 Å². The zero-order chi connectivity index (χ0) is 19.3. The quantitative estimate of drug-likeness (QED) is 0.149. The van der Waals surface area contributed by atoms with Gasteiger partial charge in [-0.1, -0.05) is 0 Å². The highest BCUT2D eigenvalue weighted by molar-refractivity contribution is 7.86. The largest absolute Gasteiger partial charge is 0.741 e. The van der Waals surface area contributed by atoms with Gasteiger partial charge in [-0.25, -0.2) is 12.8 Å². The lowest BCUT2D eigenvalue weighted by atomic mass is 10.3. The summed E-state index contributed by atoms with van der Waals surface area (Å²) in [6, 6.07) is 12.9. The van der Waals surface area contributed by atoms with Gasteiger partial charge in [-0.05, 0) is 36.4 Å². The van der Waals surface area contributed by atoms with Crippen LogP contribution in [0.3, 0.4) is 0 Å². The van der Waals surface area contributed by atoms with Crippen LogP contribution < -0.4 is 21.2 Å². The minimum atomic E-state index is -6.09. The van der Waals surface area contributed by atoms with Crippen molar-refractivity contribution in [3.05, 3.63) is 71.6 Å². The SMILES string of the molecule is O=S(=O)([O-])C(F)(F)F.O=[N+]([O-])c1ccc([I+]c2ccc(F)cc2)cc1. The normalized spacial score (nSPS) is 11.4. The summed E-state index contributed by atoms with van der Waals surface area (Å²) in [5.74, 6) is -0.249. The van der Waals surface area contributed by atoms with Crippen molar-refractivity contribution < 1.29 is 56.7 Å². The van der Waals surface area contributed by atoms with E-state index in [4.69, 9.17) is 13.0 Å². The number of hydrogen-bond acceptors (Lipinski definition) is 5. The maximum atomic E-state index is 12.7.